The molecule has 0 bridgehead atoms. The Morgan fingerprint density at radius 3 is 2.45 bits per heavy atom. The molecule has 0 aliphatic heterocycles. The topological polar surface area (TPSA) is 49.4 Å². The first kappa shape index (κ1) is 23.2. The van der Waals surface area contributed by atoms with Crippen molar-refractivity contribution in [3.8, 4) is 0 Å². The van der Waals surface area contributed by atoms with Crippen molar-refractivity contribution in [1.82, 2.24) is 10.2 Å². The van der Waals surface area contributed by atoms with Gasteiger partial charge in [0.15, 0.2) is 0 Å². The van der Waals surface area contributed by atoms with Crippen molar-refractivity contribution in [2.24, 2.45) is 0 Å². The summed E-state index contributed by atoms with van der Waals surface area (Å²) >= 11 is 7.58. The summed E-state index contributed by atoms with van der Waals surface area (Å²) in [4.78, 5) is 26.8. The zero-order valence-electron chi connectivity index (χ0n) is 16.7. The largest absolute Gasteiger partial charge is 0.354 e. The van der Waals surface area contributed by atoms with Crippen molar-refractivity contribution in [1.29, 1.82) is 0 Å². The summed E-state index contributed by atoms with van der Waals surface area (Å²) in [6.45, 7) is 4.20. The standard InChI is InChI=1S/C22H26ClFN2O2S/c1-3-12-25-22(28)16(2)26(13-17-8-5-7-11-20(17)24)21(27)15-29-14-18-9-4-6-10-19(18)23/h4-11,16H,3,12-15H2,1-2H3,(H,25,28)/t16-/m1/s1. The number of hydrogen-bond acceptors (Lipinski definition) is 3. The van der Waals surface area contributed by atoms with E-state index in [4.69, 9.17) is 11.6 Å². The number of amides is 2. The molecule has 0 heterocycles. The van der Waals surface area contributed by atoms with Gasteiger partial charge >= 0.3 is 0 Å². The molecule has 0 saturated heterocycles. The first-order valence-electron chi connectivity index (χ1n) is 9.55. The average molecular weight is 437 g/mol. The lowest BCUT2D eigenvalue weighted by molar-refractivity contribution is -0.138. The van der Waals surface area contributed by atoms with Gasteiger partial charge in [-0.25, -0.2) is 4.39 Å². The molecule has 156 valence electrons. The minimum Gasteiger partial charge on any atom is -0.354 e. The third kappa shape index (κ3) is 7.05. The Bertz CT molecular complexity index is 834. The van der Waals surface area contributed by atoms with E-state index in [9.17, 15) is 14.0 Å². The maximum absolute atomic E-state index is 14.1. The number of nitrogens with zero attached hydrogens (tertiary/aromatic N) is 1. The molecule has 29 heavy (non-hydrogen) atoms. The zero-order chi connectivity index (χ0) is 21.2. The minimum absolute atomic E-state index is 0.0405. The number of rotatable bonds is 10. The van der Waals surface area contributed by atoms with Crippen LogP contribution >= 0.6 is 23.4 Å². The van der Waals surface area contributed by atoms with Gasteiger partial charge in [0.1, 0.15) is 11.9 Å². The van der Waals surface area contributed by atoms with Crippen LogP contribution in [0.1, 0.15) is 31.4 Å². The summed E-state index contributed by atoms with van der Waals surface area (Å²) < 4.78 is 14.1. The van der Waals surface area contributed by atoms with Crippen LogP contribution in [-0.2, 0) is 21.9 Å². The summed E-state index contributed by atoms with van der Waals surface area (Å²) in [7, 11) is 0. The molecule has 1 atom stereocenters. The van der Waals surface area contributed by atoms with Crippen molar-refractivity contribution in [2.75, 3.05) is 12.3 Å². The molecule has 4 nitrogen and oxygen atoms in total. The van der Waals surface area contributed by atoms with Crippen LogP contribution < -0.4 is 5.32 Å². The Labute approximate surface area is 180 Å². The minimum atomic E-state index is -0.699. The number of carbonyl (C=O) groups excluding carboxylic acids is 2. The van der Waals surface area contributed by atoms with E-state index < -0.39 is 11.9 Å². The smallest absolute Gasteiger partial charge is 0.242 e. The van der Waals surface area contributed by atoms with Crippen LogP contribution in [0, 0.1) is 5.82 Å². The fourth-order valence-corrected chi connectivity index (χ4v) is 3.93. The van der Waals surface area contributed by atoms with E-state index in [1.807, 2.05) is 31.2 Å². The molecule has 0 radical (unpaired) electrons. The molecule has 2 rings (SSSR count). The average Bonchev–Trinajstić information content (AvgIpc) is 2.72. The molecule has 0 spiro atoms. The summed E-state index contributed by atoms with van der Waals surface area (Å²) in [5.74, 6) is -0.104. The van der Waals surface area contributed by atoms with E-state index >= 15 is 0 Å². The lowest BCUT2D eigenvalue weighted by Gasteiger charge is -2.29. The molecule has 2 aromatic carbocycles. The van der Waals surface area contributed by atoms with Crippen LogP contribution in [0.4, 0.5) is 4.39 Å². The van der Waals surface area contributed by atoms with E-state index in [0.29, 0.717) is 22.9 Å². The van der Waals surface area contributed by atoms with Crippen molar-refractivity contribution >= 4 is 35.2 Å². The van der Waals surface area contributed by atoms with Gasteiger partial charge in [0, 0.05) is 29.4 Å². The highest BCUT2D eigenvalue weighted by molar-refractivity contribution is 7.99. The highest BCUT2D eigenvalue weighted by Gasteiger charge is 2.26. The van der Waals surface area contributed by atoms with Crippen molar-refractivity contribution < 1.29 is 14.0 Å². The molecular formula is C22H26ClFN2O2S. The molecule has 0 aliphatic rings. The Kier molecular flexibility index (Phi) is 9.48. The second kappa shape index (κ2) is 11.8. The highest BCUT2D eigenvalue weighted by Crippen LogP contribution is 2.22. The molecule has 0 aromatic heterocycles. The van der Waals surface area contributed by atoms with Gasteiger partial charge in [0.05, 0.1) is 5.75 Å². The molecular weight excluding hydrogens is 411 g/mol. The van der Waals surface area contributed by atoms with Crippen LogP contribution in [0.5, 0.6) is 0 Å². The summed E-state index contributed by atoms with van der Waals surface area (Å²) in [6.07, 6.45) is 0.799. The van der Waals surface area contributed by atoms with Crippen molar-refractivity contribution in [3.05, 3.63) is 70.5 Å². The maximum Gasteiger partial charge on any atom is 0.242 e. The third-order valence-corrected chi connectivity index (χ3v) is 5.79. The number of thioether (sulfide) groups is 1. The van der Waals surface area contributed by atoms with Crippen LogP contribution in [0.15, 0.2) is 48.5 Å². The molecule has 2 amide bonds. The van der Waals surface area contributed by atoms with E-state index in [2.05, 4.69) is 5.32 Å². The van der Waals surface area contributed by atoms with Crippen LogP contribution in [0.2, 0.25) is 5.02 Å². The van der Waals surface area contributed by atoms with Crippen molar-refractivity contribution in [3.63, 3.8) is 0 Å². The van der Waals surface area contributed by atoms with E-state index in [0.717, 1.165) is 12.0 Å². The number of hydrogen-bond donors (Lipinski definition) is 1. The molecule has 2 aromatic rings. The number of carbonyl (C=O) groups is 2. The second-order valence-electron chi connectivity index (χ2n) is 6.66. The van der Waals surface area contributed by atoms with Gasteiger partial charge in [-0.1, -0.05) is 54.9 Å². The number of halogens is 2. The van der Waals surface area contributed by atoms with Gasteiger partial charge in [-0.2, -0.15) is 0 Å². The van der Waals surface area contributed by atoms with Gasteiger partial charge in [-0.15, -0.1) is 11.8 Å². The fourth-order valence-electron chi connectivity index (χ4n) is 2.74. The Morgan fingerprint density at radius 1 is 1.14 bits per heavy atom. The van der Waals surface area contributed by atoms with Gasteiger partial charge in [-0.3, -0.25) is 9.59 Å². The van der Waals surface area contributed by atoms with Gasteiger partial charge in [0.2, 0.25) is 11.8 Å². The zero-order valence-corrected chi connectivity index (χ0v) is 18.2. The lowest BCUT2D eigenvalue weighted by atomic mass is 10.1. The lowest BCUT2D eigenvalue weighted by Crippen LogP contribution is -2.48. The fraction of sp³-hybridized carbons (Fsp3) is 0.364. The van der Waals surface area contributed by atoms with Crippen LogP contribution in [0.25, 0.3) is 0 Å². The second-order valence-corrected chi connectivity index (χ2v) is 8.06. The molecule has 7 heteroatoms. The molecule has 0 aliphatic carbocycles. The van der Waals surface area contributed by atoms with Gasteiger partial charge in [-0.05, 0) is 31.0 Å². The summed E-state index contributed by atoms with van der Waals surface area (Å²) in [5, 5.41) is 3.46. The highest BCUT2D eigenvalue weighted by atomic mass is 35.5. The third-order valence-electron chi connectivity index (χ3n) is 4.46. The van der Waals surface area contributed by atoms with Crippen LogP contribution in [-0.4, -0.2) is 35.1 Å². The SMILES string of the molecule is CCCNC(=O)[C@@H](C)N(Cc1ccccc1F)C(=O)CSCc1ccccc1Cl. The predicted molar refractivity (Wildman–Crippen MR) is 117 cm³/mol. The van der Waals surface area contributed by atoms with E-state index in [1.165, 1.54) is 22.7 Å². The summed E-state index contributed by atoms with van der Waals surface area (Å²) in [6, 6.07) is 13.1. The monoisotopic (exact) mass is 436 g/mol. The van der Waals surface area contributed by atoms with Gasteiger partial charge in [0.25, 0.3) is 0 Å². The Morgan fingerprint density at radius 2 is 1.79 bits per heavy atom. The summed E-state index contributed by atoms with van der Waals surface area (Å²) in [5.41, 5.74) is 1.33. The number of nitrogens with one attached hydrogen (secondary N) is 1. The van der Waals surface area contributed by atoms with E-state index in [-0.39, 0.29) is 24.1 Å². The molecule has 0 unspecified atom stereocenters. The van der Waals surface area contributed by atoms with E-state index in [1.54, 1.807) is 25.1 Å². The first-order valence-corrected chi connectivity index (χ1v) is 11.1. The number of benzene rings is 2. The molecule has 1 N–H and O–H groups in total. The Balaban J connectivity index is 2.08. The molecule has 0 saturated carbocycles. The van der Waals surface area contributed by atoms with Gasteiger partial charge < -0.3 is 10.2 Å². The van der Waals surface area contributed by atoms with Crippen LogP contribution in [0.3, 0.4) is 0 Å². The maximum atomic E-state index is 14.1. The van der Waals surface area contributed by atoms with Crippen molar-refractivity contribution in [2.45, 2.75) is 38.6 Å². The first-order chi connectivity index (χ1) is 13.9. The predicted octanol–water partition coefficient (Wildman–Crippen LogP) is 4.66. The quantitative estimate of drug-likeness (QED) is 0.589. The normalized spacial score (nSPS) is 11.7. The molecule has 0 fully saturated rings. The Hall–Kier alpha value is -2.05.